The Balaban J connectivity index is 3.40. The van der Waals surface area contributed by atoms with E-state index in [-0.39, 0.29) is 0 Å². The summed E-state index contributed by atoms with van der Waals surface area (Å²) in [6.07, 6.45) is 9.75. The summed E-state index contributed by atoms with van der Waals surface area (Å²) in [5.74, 6) is 0.597. The zero-order chi connectivity index (χ0) is 11.7. The molecule has 0 saturated carbocycles. The van der Waals surface area contributed by atoms with Gasteiger partial charge in [0.2, 0.25) is 0 Å². The molecule has 0 aliphatic carbocycles. The molecule has 0 radical (unpaired) electrons. The van der Waals surface area contributed by atoms with E-state index in [0.717, 1.165) is 12.8 Å². The van der Waals surface area contributed by atoms with Crippen LogP contribution in [0.5, 0.6) is 0 Å². The van der Waals surface area contributed by atoms with Crippen molar-refractivity contribution >= 4 is 0 Å². The molecule has 1 heteroatoms. The predicted molar refractivity (Wildman–Crippen MR) is 68.1 cm³/mol. The van der Waals surface area contributed by atoms with Gasteiger partial charge in [0, 0.05) is 0 Å². The lowest BCUT2D eigenvalue weighted by atomic mass is 9.89. The summed E-state index contributed by atoms with van der Waals surface area (Å²) < 4.78 is 0. The average molecular weight is 214 g/mol. The molecule has 0 aliphatic rings. The Kier molecular flexibility index (Phi) is 8.13. The highest BCUT2D eigenvalue weighted by atomic mass is 16.3. The Morgan fingerprint density at radius 1 is 1.00 bits per heavy atom. The highest BCUT2D eigenvalue weighted by Crippen LogP contribution is 2.23. The maximum atomic E-state index is 10.1. The van der Waals surface area contributed by atoms with Gasteiger partial charge in [-0.3, -0.25) is 0 Å². The molecule has 0 saturated heterocycles. The van der Waals surface area contributed by atoms with Gasteiger partial charge in [0.25, 0.3) is 0 Å². The fourth-order valence-corrected chi connectivity index (χ4v) is 2.27. The third kappa shape index (κ3) is 10.2. The molecule has 1 unspecified atom stereocenters. The number of aliphatic hydroxyl groups is 1. The quantitative estimate of drug-likeness (QED) is 0.559. The summed E-state index contributed by atoms with van der Waals surface area (Å²) in [4.78, 5) is 0. The summed E-state index contributed by atoms with van der Waals surface area (Å²) in [5.41, 5.74) is -0.432. The maximum Gasteiger partial charge on any atom is 0.0622 e. The zero-order valence-corrected chi connectivity index (χ0v) is 11.2. The largest absolute Gasteiger partial charge is 0.390 e. The van der Waals surface area contributed by atoms with E-state index < -0.39 is 5.60 Å². The van der Waals surface area contributed by atoms with Gasteiger partial charge in [-0.25, -0.2) is 0 Å². The highest BCUT2D eigenvalue weighted by molar-refractivity contribution is 4.73. The lowest BCUT2D eigenvalue weighted by Crippen LogP contribution is -2.25. The van der Waals surface area contributed by atoms with Crippen molar-refractivity contribution < 1.29 is 5.11 Å². The summed E-state index contributed by atoms with van der Waals surface area (Å²) in [7, 11) is 0. The van der Waals surface area contributed by atoms with Crippen molar-refractivity contribution in [2.75, 3.05) is 0 Å². The van der Waals surface area contributed by atoms with E-state index in [2.05, 4.69) is 20.8 Å². The van der Waals surface area contributed by atoms with Gasteiger partial charge in [-0.1, -0.05) is 59.3 Å². The van der Waals surface area contributed by atoms with Crippen LogP contribution in [0.25, 0.3) is 0 Å². The van der Waals surface area contributed by atoms with Gasteiger partial charge in [0.05, 0.1) is 5.60 Å². The molecular weight excluding hydrogens is 184 g/mol. The first-order valence-corrected chi connectivity index (χ1v) is 6.70. The third-order valence-corrected chi connectivity index (χ3v) is 2.92. The molecule has 0 bridgehead atoms. The number of hydrogen-bond donors (Lipinski definition) is 1. The maximum absolute atomic E-state index is 10.1. The first-order chi connectivity index (χ1) is 6.98. The minimum Gasteiger partial charge on any atom is -0.390 e. The van der Waals surface area contributed by atoms with Crippen LogP contribution >= 0.6 is 0 Å². The summed E-state index contributed by atoms with van der Waals surface area (Å²) in [6.45, 7) is 8.58. The summed E-state index contributed by atoms with van der Waals surface area (Å²) in [5, 5.41) is 10.1. The van der Waals surface area contributed by atoms with Crippen LogP contribution < -0.4 is 0 Å². The standard InChI is InChI=1S/C14H30O/c1-5-6-7-8-9-10-11-14(4,15)12-13(2)3/h13,15H,5-12H2,1-4H3. The number of rotatable bonds is 9. The Hall–Kier alpha value is -0.0400. The molecule has 1 nitrogen and oxygen atoms in total. The lowest BCUT2D eigenvalue weighted by molar-refractivity contribution is 0.0274. The van der Waals surface area contributed by atoms with Crippen LogP contribution in [0.4, 0.5) is 0 Å². The molecule has 0 aromatic rings. The van der Waals surface area contributed by atoms with E-state index in [1.807, 2.05) is 6.92 Å². The highest BCUT2D eigenvalue weighted by Gasteiger charge is 2.20. The molecule has 0 aromatic carbocycles. The molecule has 92 valence electrons. The molecular formula is C14H30O. The second kappa shape index (κ2) is 8.15. The molecule has 0 aliphatic heterocycles. The lowest BCUT2D eigenvalue weighted by Gasteiger charge is -2.25. The van der Waals surface area contributed by atoms with Gasteiger partial charge >= 0.3 is 0 Å². The van der Waals surface area contributed by atoms with E-state index in [9.17, 15) is 5.11 Å². The fourth-order valence-electron chi connectivity index (χ4n) is 2.27. The van der Waals surface area contributed by atoms with Gasteiger partial charge in [-0.15, -0.1) is 0 Å². The molecule has 0 spiro atoms. The Morgan fingerprint density at radius 3 is 2.07 bits per heavy atom. The van der Waals surface area contributed by atoms with Gasteiger partial charge in [0.15, 0.2) is 0 Å². The van der Waals surface area contributed by atoms with Gasteiger partial charge in [-0.2, -0.15) is 0 Å². The molecule has 0 fully saturated rings. The fraction of sp³-hybridized carbons (Fsp3) is 1.00. The van der Waals surface area contributed by atoms with Gasteiger partial charge in [-0.05, 0) is 25.7 Å². The number of hydrogen-bond acceptors (Lipinski definition) is 1. The van der Waals surface area contributed by atoms with Gasteiger partial charge < -0.3 is 5.11 Å². The third-order valence-electron chi connectivity index (χ3n) is 2.92. The van der Waals surface area contributed by atoms with Crippen LogP contribution in [0, 0.1) is 5.92 Å². The predicted octanol–water partition coefficient (Wildman–Crippen LogP) is 4.53. The molecule has 15 heavy (non-hydrogen) atoms. The second-order valence-corrected chi connectivity index (χ2v) is 5.61. The molecule has 1 atom stereocenters. The average Bonchev–Trinajstić information content (AvgIpc) is 2.08. The van der Waals surface area contributed by atoms with Crippen LogP contribution in [0.15, 0.2) is 0 Å². The van der Waals surface area contributed by atoms with Crippen molar-refractivity contribution in [3.8, 4) is 0 Å². The van der Waals surface area contributed by atoms with E-state index >= 15 is 0 Å². The molecule has 0 aromatic heterocycles. The normalized spacial score (nSPS) is 15.6. The SMILES string of the molecule is CCCCCCCCC(C)(O)CC(C)C. The van der Waals surface area contributed by atoms with Crippen molar-refractivity contribution in [3.05, 3.63) is 0 Å². The first-order valence-electron chi connectivity index (χ1n) is 6.70. The monoisotopic (exact) mass is 214 g/mol. The van der Waals surface area contributed by atoms with Crippen LogP contribution in [-0.2, 0) is 0 Å². The van der Waals surface area contributed by atoms with Crippen LogP contribution in [0.3, 0.4) is 0 Å². The molecule has 0 rings (SSSR count). The van der Waals surface area contributed by atoms with Crippen molar-refractivity contribution in [1.82, 2.24) is 0 Å². The van der Waals surface area contributed by atoms with Crippen molar-refractivity contribution in [1.29, 1.82) is 0 Å². The van der Waals surface area contributed by atoms with Crippen LogP contribution in [0.2, 0.25) is 0 Å². The van der Waals surface area contributed by atoms with Crippen LogP contribution in [0.1, 0.15) is 79.1 Å². The second-order valence-electron chi connectivity index (χ2n) is 5.61. The molecule has 1 N–H and O–H groups in total. The van der Waals surface area contributed by atoms with Crippen molar-refractivity contribution in [2.45, 2.75) is 84.7 Å². The topological polar surface area (TPSA) is 20.2 Å². The summed E-state index contributed by atoms with van der Waals surface area (Å²) in [6, 6.07) is 0. The van der Waals surface area contributed by atoms with Crippen molar-refractivity contribution in [2.24, 2.45) is 5.92 Å². The van der Waals surface area contributed by atoms with E-state index in [0.29, 0.717) is 5.92 Å². The molecule has 0 heterocycles. The zero-order valence-electron chi connectivity index (χ0n) is 11.2. The molecule has 0 amide bonds. The first kappa shape index (κ1) is 15.0. The number of unbranched alkanes of at least 4 members (excludes halogenated alkanes) is 5. The Bertz CT molecular complexity index is 138. The van der Waals surface area contributed by atoms with Gasteiger partial charge in [0.1, 0.15) is 0 Å². The Morgan fingerprint density at radius 2 is 1.53 bits per heavy atom. The minimum atomic E-state index is -0.432. The summed E-state index contributed by atoms with van der Waals surface area (Å²) >= 11 is 0. The smallest absolute Gasteiger partial charge is 0.0622 e. The Labute approximate surface area is 96.3 Å². The van der Waals surface area contributed by atoms with E-state index in [4.69, 9.17) is 0 Å². The minimum absolute atomic E-state index is 0.432. The van der Waals surface area contributed by atoms with E-state index in [1.165, 1.54) is 38.5 Å². The van der Waals surface area contributed by atoms with E-state index in [1.54, 1.807) is 0 Å². The van der Waals surface area contributed by atoms with Crippen molar-refractivity contribution in [3.63, 3.8) is 0 Å². The van der Waals surface area contributed by atoms with Crippen LogP contribution in [-0.4, -0.2) is 10.7 Å².